The van der Waals surface area contributed by atoms with Gasteiger partial charge in [0.2, 0.25) is 0 Å². The van der Waals surface area contributed by atoms with Crippen LogP contribution in [0.15, 0.2) is 53.4 Å². The summed E-state index contributed by atoms with van der Waals surface area (Å²) in [5.41, 5.74) is 1.30. The molecule has 0 heterocycles. The summed E-state index contributed by atoms with van der Waals surface area (Å²) in [5, 5.41) is 0. The van der Waals surface area contributed by atoms with Crippen LogP contribution in [0.4, 0.5) is 13.2 Å². The topological polar surface area (TPSA) is 0 Å². The number of hydrogen-bond donors (Lipinski definition) is 0. The van der Waals surface area contributed by atoms with Crippen LogP contribution >= 0.6 is 11.8 Å². The zero-order valence-electron chi connectivity index (χ0n) is 12.7. The lowest BCUT2D eigenvalue weighted by atomic mass is 9.96. The first-order valence-electron chi connectivity index (χ1n) is 7.30. The molecule has 0 radical (unpaired) electrons. The molecule has 0 amide bonds. The first kappa shape index (κ1) is 16.9. The fourth-order valence-corrected chi connectivity index (χ4v) is 3.56. The molecule has 22 heavy (non-hydrogen) atoms. The van der Waals surface area contributed by atoms with Gasteiger partial charge in [-0.15, -0.1) is 11.8 Å². The molecule has 0 fully saturated rings. The molecule has 0 bridgehead atoms. The highest BCUT2D eigenvalue weighted by Gasteiger charge is 2.34. The molecular weight excluding hydrogens is 305 g/mol. The quantitative estimate of drug-likeness (QED) is 0.565. The monoisotopic (exact) mass is 324 g/mol. The lowest BCUT2D eigenvalue weighted by Gasteiger charge is -2.19. The van der Waals surface area contributed by atoms with Crippen LogP contribution in [0.2, 0.25) is 0 Å². The number of benzene rings is 2. The Kier molecular flexibility index (Phi) is 5.57. The van der Waals surface area contributed by atoms with Crippen LogP contribution < -0.4 is 0 Å². The molecule has 4 heteroatoms. The minimum absolute atomic E-state index is 0.112. The molecule has 1 atom stereocenters. The average molecular weight is 324 g/mol. The first-order valence-corrected chi connectivity index (χ1v) is 8.28. The van der Waals surface area contributed by atoms with E-state index in [4.69, 9.17) is 0 Å². The largest absolute Gasteiger partial charge is 0.417 e. The average Bonchev–Trinajstić information content (AvgIpc) is 2.52. The summed E-state index contributed by atoms with van der Waals surface area (Å²) in [7, 11) is 0. The van der Waals surface area contributed by atoms with Crippen LogP contribution in [0.1, 0.15) is 42.9 Å². The third kappa shape index (κ3) is 4.07. The van der Waals surface area contributed by atoms with E-state index in [9.17, 15) is 13.2 Å². The van der Waals surface area contributed by atoms with Gasteiger partial charge in [-0.1, -0.05) is 56.3 Å². The lowest BCUT2D eigenvalue weighted by Crippen LogP contribution is -2.09. The van der Waals surface area contributed by atoms with Gasteiger partial charge in [-0.3, -0.25) is 0 Å². The fourth-order valence-electron chi connectivity index (χ4n) is 2.28. The van der Waals surface area contributed by atoms with E-state index >= 15 is 0 Å². The zero-order valence-corrected chi connectivity index (χ0v) is 13.5. The van der Waals surface area contributed by atoms with Crippen molar-refractivity contribution < 1.29 is 13.2 Å². The van der Waals surface area contributed by atoms with E-state index in [1.165, 1.54) is 23.9 Å². The molecular formula is C18H19F3S. The zero-order chi connectivity index (χ0) is 16.2. The van der Waals surface area contributed by atoms with Crippen molar-refractivity contribution in [3.05, 3.63) is 65.2 Å². The van der Waals surface area contributed by atoms with Gasteiger partial charge in [-0.25, -0.2) is 0 Å². The molecule has 118 valence electrons. The predicted molar refractivity (Wildman–Crippen MR) is 86.2 cm³/mol. The summed E-state index contributed by atoms with van der Waals surface area (Å²) in [4.78, 5) is 0.369. The maximum Gasteiger partial charge on any atom is 0.417 e. The molecule has 0 aliphatic carbocycles. The van der Waals surface area contributed by atoms with Crippen molar-refractivity contribution in [2.75, 3.05) is 0 Å². The highest BCUT2D eigenvalue weighted by Crippen LogP contribution is 2.42. The third-order valence-corrected chi connectivity index (χ3v) is 4.94. The Morgan fingerprint density at radius 3 is 2.27 bits per heavy atom. The fraction of sp³-hybridized carbons (Fsp3) is 0.333. The number of thioether (sulfide) groups is 1. The van der Waals surface area contributed by atoms with E-state index in [0.717, 1.165) is 17.5 Å². The second-order valence-corrected chi connectivity index (χ2v) is 6.29. The summed E-state index contributed by atoms with van der Waals surface area (Å²) < 4.78 is 39.9. The first-order chi connectivity index (χ1) is 10.4. The van der Waals surface area contributed by atoms with E-state index in [1.807, 2.05) is 50.2 Å². The molecule has 0 aromatic heterocycles. The van der Waals surface area contributed by atoms with Gasteiger partial charge in [0.1, 0.15) is 0 Å². The second kappa shape index (κ2) is 7.23. The molecule has 0 aliphatic heterocycles. The van der Waals surface area contributed by atoms with Crippen LogP contribution in [0.25, 0.3) is 0 Å². The third-order valence-electron chi connectivity index (χ3n) is 3.72. The molecule has 0 N–H and O–H groups in total. The van der Waals surface area contributed by atoms with E-state index in [2.05, 4.69) is 0 Å². The van der Waals surface area contributed by atoms with Crippen LogP contribution in [-0.4, -0.2) is 0 Å². The maximum atomic E-state index is 13.3. The van der Waals surface area contributed by atoms with Crippen molar-refractivity contribution >= 4 is 11.8 Å². The van der Waals surface area contributed by atoms with Gasteiger partial charge in [0, 0.05) is 10.6 Å². The summed E-state index contributed by atoms with van der Waals surface area (Å²) in [6.07, 6.45) is -3.50. The van der Waals surface area contributed by atoms with Gasteiger partial charge >= 0.3 is 6.18 Å². The van der Waals surface area contributed by atoms with Gasteiger partial charge < -0.3 is 0 Å². The van der Waals surface area contributed by atoms with E-state index < -0.39 is 11.7 Å². The van der Waals surface area contributed by atoms with Crippen molar-refractivity contribution in [3.8, 4) is 0 Å². The summed E-state index contributed by atoms with van der Waals surface area (Å²) in [6, 6.07) is 14.1. The van der Waals surface area contributed by atoms with E-state index in [-0.39, 0.29) is 5.92 Å². The molecule has 0 spiro atoms. The molecule has 0 saturated heterocycles. The molecule has 2 aromatic carbocycles. The molecule has 2 aromatic rings. The Morgan fingerprint density at radius 1 is 1.00 bits per heavy atom. The minimum Gasteiger partial charge on any atom is -0.166 e. The molecule has 0 saturated carbocycles. The van der Waals surface area contributed by atoms with E-state index in [1.54, 1.807) is 0 Å². The molecule has 1 unspecified atom stereocenters. The van der Waals surface area contributed by atoms with Gasteiger partial charge in [0.15, 0.2) is 0 Å². The van der Waals surface area contributed by atoms with Crippen molar-refractivity contribution in [1.82, 2.24) is 0 Å². The van der Waals surface area contributed by atoms with Crippen molar-refractivity contribution in [2.24, 2.45) is 0 Å². The molecule has 2 rings (SSSR count). The smallest absolute Gasteiger partial charge is 0.166 e. The summed E-state index contributed by atoms with van der Waals surface area (Å²) in [6.45, 7) is 3.97. The molecule has 0 nitrogen and oxygen atoms in total. The van der Waals surface area contributed by atoms with Crippen molar-refractivity contribution in [1.29, 1.82) is 0 Å². The predicted octanol–water partition coefficient (Wildman–Crippen LogP) is 6.51. The van der Waals surface area contributed by atoms with Crippen molar-refractivity contribution in [3.63, 3.8) is 0 Å². The summed E-state index contributed by atoms with van der Waals surface area (Å²) in [5.74, 6) is 0.651. The Morgan fingerprint density at radius 2 is 1.68 bits per heavy atom. The highest BCUT2D eigenvalue weighted by atomic mass is 32.2. The second-order valence-electron chi connectivity index (χ2n) is 5.31. The minimum atomic E-state index is -4.32. The standard InChI is InChI=1S/C18H19F3S/c1-3-13(2)15-10-7-11-16(18(19,20)21)17(15)22-12-14-8-5-4-6-9-14/h4-11,13H,3,12H2,1-2H3. The number of alkyl halides is 3. The Hall–Kier alpha value is -1.42. The SMILES string of the molecule is CCC(C)c1cccc(C(F)(F)F)c1SCc1ccccc1. The van der Waals surface area contributed by atoms with Gasteiger partial charge in [0.25, 0.3) is 0 Å². The lowest BCUT2D eigenvalue weighted by molar-refractivity contribution is -0.139. The van der Waals surface area contributed by atoms with Gasteiger partial charge in [-0.05, 0) is 29.5 Å². The molecule has 0 aliphatic rings. The number of hydrogen-bond acceptors (Lipinski definition) is 1. The van der Waals surface area contributed by atoms with Crippen LogP contribution in [-0.2, 0) is 11.9 Å². The van der Waals surface area contributed by atoms with Crippen LogP contribution in [0.5, 0.6) is 0 Å². The maximum absolute atomic E-state index is 13.3. The number of halogens is 3. The van der Waals surface area contributed by atoms with Crippen LogP contribution in [0.3, 0.4) is 0 Å². The van der Waals surface area contributed by atoms with Gasteiger partial charge in [0.05, 0.1) is 5.56 Å². The van der Waals surface area contributed by atoms with Crippen LogP contribution in [0, 0.1) is 0 Å². The Bertz CT molecular complexity index is 605. The number of rotatable bonds is 5. The van der Waals surface area contributed by atoms with Crippen molar-refractivity contribution in [2.45, 2.75) is 43.0 Å². The normalized spacial score (nSPS) is 13.1. The van der Waals surface area contributed by atoms with Gasteiger partial charge in [-0.2, -0.15) is 13.2 Å². The highest BCUT2D eigenvalue weighted by molar-refractivity contribution is 7.98. The Balaban J connectivity index is 2.37. The Labute approximate surface area is 133 Å². The summed E-state index contributed by atoms with van der Waals surface area (Å²) >= 11 is 1.28. The van der Waals surface area contributed by atoms with E-state index in [0.29, 0.717) is 10.6 Å².